The Morgan fingerprint density at radius 3 is 2.33 bits per heavy atom. The number of hydrogen-bond donors (Lipinski definition) is 2. The first-order valence-electron chi connectivity index (χ1n) is 6.85. The van der Waals surface area contributed by atoms with Gasteiger partial charge in [0.25, 0.3) is 5.91 Å². The van der Waals surface area contributed by atoms with Crippen LogP contribution in [0.25, 0.3) is 0 Å². The van der Waals surface area contributed by atoms with Crippen LogP contribution >= 0.6 is 0 Å². The number of carbonyl (C=O) groups is 2. The highest BCUT2D eigenvalue weighted by atomic mass is 19.4. The zero-order chi connectivity index (χ0) is 18.0. The molecule has 2 rings (SSSR count). The maximum atomic E-state index is 12.9. The number of nitrogens with zero attached hydrogens (tertiary/aromatic N) is 1. The molecule has 8 heteroatoms. The zero-order valence-electron chi connectivity index (χ0n) is 12.6. The van der Waals surface area contributed by atoms with Gasteiger partial charge in [0.2, 0.25) is 5.91 Å². The summed E-state index contributed by atoms with van der Waals surface area (Å²) in [7, 11) is 0. The fourth-order valence-corrected chi connectivity index (χ4v) is 2.08. The molecule has 1 aromatic carbocycles. The zero-order valence-corrected chi connectivity index (χ0v) is 12.6. The summed E-state index contributed by atoms with van der Waals surface area (Å²) in [5, 5.41) is 2.38. The Balaban J connectivity index is 2.41. The number of primary amides is 1. The number of alkyl halides is 3. The molecule has 0 aliphatic carbocycles. The van der Waals surface area contributed by atoms with Gasteiger partial charge in [-0.3, -0.25) is 14.6 Å². The lowest BCUT2D eigenvalue weighted by atomic mass is 9.89. The van der Waals surface area contributed by atoms with Gasteiger partial charge in [0, 0.05) is 12.4 Å². The smallest absolute Gasteiger partial charge is 0.367 e. The monoisotopic (exact) mass is 337 g/mol. The number of hydrogen-bond acceptors (Lipinski definition) is 3. The number of benzene rings is 1. The van der Waals surface area contributed by atoms with E-state index in [0.717, 1.165) is 18.2 Å². The number of pyridine rings is 1. The third-order valence-electron chi connectivity index (χ3n) is 3.55. The van der Waals surface area contributed by atoms with Gasteiger partial charge in [-0.05, 0) is 36.8 Å². The molecule has 0 radical (unpaired) electrons. The summed E-state index contributed by atoms with van der Waals surface area (Å²) in [6.45, 7) is 1.25. The van der Waals surface area contributed by atoms with E-state index >= 15 is 0 Å². The van der Waals surface area contributed by atoms with Crippen molar-refractivity contribution in [2.45, 2.75) is 18.6 Å². The van der Waals surface area contributed by atoms with Gasteiger partial charge < -0.3 is 11.1 Å². The van der Waals surface area contributed by atoms with Crippen LogP contribution in [0.5, 0.6) is 0 Å². The first kappa shape index (κ1) is 17.5. The maximum Gasteiger partial charge on any atom is 0.416 e. The first-order chi connectivity index (χ1) is 11.1. The molecule has 5 nitrogen and oxygen atoms in total. The Labute approximate surface area is 135 Å². The second-order valence-corrected chi connectivity index (χ2v) is 5.26. The number of aromatic nitrogens is 1. The van der Waals surface area contributed by atoms with Crippen molar-refractivity contribution in [3.8, 4) is 0 Å². The highest BCUT2D eigenvalue weighted by Gasteiger charge is 2.38. The van der Waals surface area contributed by atoms with E-state index < -0.39 is 29.1 Å². The first-order valence-corrected chi connectivity index (χ1v) is 6.85. The molecule has 0 aliphatic rings. The predicted octanol–water partition coefficient (Wildman–Crippen LogP) is 2.23. The molecule has 1 heterocycles. The van der Waals surface area contributed by atoms with Gasteiger partial charge in [-0.2, -0.15) is 13.2 Å². The van der Waals surface area contributed by atoms with Gasteiger partial charge in [0.15, 0.2) is 0 Å². The molecule has 126 valence electrons. The summed E-state index contributed by atoms with van der Waals surface area (Å²) < 4.78 is 38.6. The predicted molar refractivity (Wildman–Crippen MR) is 79.7 cm³/mol. The van der Waals surface area contributed by atoms with Crippen molar-refractivity contribution in [1.29, 1.82) is 0 Å². The minimum absolute atomic E-state index is 0.0675. The molecule has 1 aromatic heterocycles. The van der Waals surface area contributed by atoms with E-state index in [-0.39, 0.29) is 11.1 Å². The van der Waals surface area contributed by atoms with E-state index in [1.165, 1.54) is 37.5 Å². The normalized spacial score (nSPS) is 13.8. The van der Waals surface area contributed by atoms with E-state index in [4.69, 9.17) is 5.73 Å². The van der Waals surface area contributed by atoms with Crippen LogP contribution in [-0.4, -0.2) is 16.8 Å². The van der Waals surface area contributed by atoms with Gasteiger partial charge in [-0.1, -0.05) is 12.1 Å². The average molecular weight is 337 g/mol. The Bertz CT molecular complexity index is 763. The summed E-state index contributed by atoms with van der Waals surface area (Å²) in [6, 6.07) is 7.07. The Morgan fingerprint density at radius 2 is 1.79 bits per heavy atom. The Hall–Kier alpha value is -2.90. The van der Waals surface area contributed by atoms with Gasteiger partial charge in [-0.25, -0.2) is 0 Å². The van der Waals surface area contributed by atoms with Crippen LogP contribution in [-0.2, 0) is 16.5 Å². The van der Waals surface area contributed by atoms with Crippen LogP contribution in [0.3, 0.4) is 0 Å². The van der Waals surface area contributed by atoms with Crippen LogP contribution < -0.4 is 11.1 Å². The Kier molecular flexibility index (Phi) is 4.59. The molecule has 0 unspecified atom stereocenters. The van der Waals surface area contributed by atoms with Crippen LogP contribution in [0.1, 0.15) is 28.4 Å². The molecule has 0 bridgehead atoms. The standard InChI is InChI=1S/C16H14F3N3O2/c1-15(14(20)24,22-13(23)10-4-3-7-21-9-10)11-5-2-6-12(8-11)16(17,18)19/h2-9H,1H3,(H2,20,24)(H,22,23)/t15-/m0/s1. The molecule has 0 spiro atoms. The van der Waals surface area contributed by atoms with E-state index in [2.05, 4.69) is 10.3 Å². The number of amides is 2. The van der Waals surface area contributed by atoms with Crippen molar-refractivity contribution in [2.75, 3.05) is 0 Å². The van der Waals surface area contributed by atoms with Gasteiger partial charge >= 0.3 is 6.18 Å². The number of nitrogens with one attached hydrogen (secondary N) is 1. The van der Waals surface area contributed by atoms with Crippen molar-refractivity contribution in [2.24, 2.45) is 5.73 Å². The summed E-state index contributed by atoms with van der Waals surface area (Å²) in [5.41, 5.74) is 2.67. The number of rotatable bonds is 4. The molecule has 24 heavy (non-hydrogen) atoms. The van der Waals surface area contributed by atoms with Crippen LogP contribution in [0.4, 0.5) is 13.2 Å². The summed E-state index contributed by atoms with van der Waals surface area (Å²) in [5.74, 6) is -1.67. The lowest BCUT2D eigenvalue weighted by Crippen LogP contribution is -2.52. The summed E-state index contributed by atoms with van der Waals surface area (Å²) >= 11 is 0. The SMILES string of the molecule is C[C@@](NC(=O)c1cccnc1)(C(N)=O)c1cccc(C(F)(F)F)c1. The van der Waals surface area contributed by atoms with Crippen molar-refractivity contribution in [1.82, 2.24) is 10.3 Å². The van der Waals surface area contributed by atoms with E-state index in [1.807, 2.05) is 0 Å². The fourth-order valence-electron chi connectivity index (χ4n) is 2.08. The topological polar surface area (TPSA) is 85.1 Å². The van der Waals surface area contributed by atoms with Crippen molar-refractivity contribution in [3.63, 3.8) is 0 Å². The largest absolute Gasteiger partial charge is 0.416 e. The third-order valence-corrected chi connectivity index (χ3v) is 3.55. The molecular formula is C16H14F3N3O2. The van der Waals surface area contributed by atoms with Gasteiger partial charge in [0.1, 0.15) is 5.54 Å². The second kappa shape index (κ2) is 6.31. The van der Waals surface area contributed by atoms with Crippen molar-refractivity contribution < 1.29 is 22.8 Å². The highest BCUT2D eigenvalue weighted by Crippen LogP contribution is 2.32. The fraction of sp³-hybridized carbons (Fsp3) is 0.188. The molecule has 0 saturated carbocycles. The number of nitrogens with two attached hydrogens (primary N) is 1. The summed E-state index contributed by atoms with van der Waals surface area (Å²) in [6.07, 6.45) is -1.86. The molecule has 3 N–H and O–H groups in total. The number of carbonyl (C=O) groups excluding carboxylic acids is 2. The molecule has 0 saturated heterocycles. The lowest BCUT2D eigenvalue weighted by molar-refractivity contribution is -0.137. The minimum Gasteiger partial charge on any atom is -0.367 e. The van der Waals surface area contributed by atoms with Gasteiger partial charge in [0.05, 0.1) is 11.1 Å². The second-order valence-electron chi connectivity index (χ2n) is 5.26. The average Bonchev–Trinajstić information content (AvgIpc) is 2.54. The van der Waals surface area contributed by atoms with E-state index in [1.54, 1.807) is 0 Å². The molecule has 1 atom stereocenters. The highest BCUT2D eigenvalue weighted by molar-refractivity contribution is 5.98. The van der Waals surface area contributed by atoms with E-state index in [9.17, 15) is 22.8 Å². The molecule has 2 amide bonds. The minimum atomic E-state index is -4.58. The van der Waals surface area contributed by atoms with E-state index in [0.29, 0.717) is 0 Å². The number of halogens is 3. The van der Waals surface area contributed by atoms with Gasteiger partial charge in [-0.15, -0.1) is 0 Å². The molecule has 0 fully saturated rings. The quantitative estimate of drug-likeness (QED) is 0.897. The molecule has 0 aliphatic heterocycles. The van der Waals surface area contributed by atoms with Crippen LogP contribution in [0, 0.1) is 0 Å². The van der Waals surface area contributed by atoms with Crippen molar-refractivity contribution in [3.05, 3.63) is 65.5 Å². The maximum absolute atomic E-state index is 12.9. The van der Waals surface area contributed by atoms with Crippen molar-refractivity contribution >= 4 is 11.8 Å². The molecular weight excluding hydrogens is 323 g/mol. The van der Waals surface area contributed by atoms with Crippen LogP contribution in [0.15, 0.2) is 48.8 Å². The molecule has 2 aromatic rings. The lowest BCUT2D eigenvalue weighted by Gasteiger charge is -2.28. The Morgan fingerprint density at radius 1 is 1.12 bits per heavy atom. The third kappa shape index (κ3) is 3.53. The van der Waals surface area contributed by atoms with Crippen LogP contribution in [0.2, 0.25) is 0 Å². The summed E-state index contributed by atoms with van der Waals surface area (Å²) in [4.78, 5) is 27.9.